The van der Waals surface area contributed by atoms with Crippen LogP contribution in [0.2, 0.25) is 0 Å². The Kier molecular flexibility index (Phi) is 1.52. The number of hydrogen-bond acceptors (Lipinski definition) is 0. The molecule has 0 bridgehead atoms. The topological polar surface area (TPSA) is 4.93 Å². The molecular formula is C10H15N. The minimum absolute atomic E-state index is 1.25. The second-order valence-electron chi connectivity index (χ2n) is 3.51. The van der Waals surface area contributed by atoms with Crippen molar-refractivity contribution in [1.29, 1.82) is 0 Å². The van der Waals surface area contributed by atoms with Gasteiger partial charge in [0.05, 0.1) is 0 Å². The standard InChI is InChI=1S/C10H15N/c1-8-7-10-5-3-4-6-11(10)9(8)2/h7H,3-6H2,1-2H3. The minimum Gasteiger partial charge on any atom is -0.349 e. The maximum atomic E-state index is 2.47. The molecule has 0 fully saturated rings. The summed E-state index contributed by atoms with van der Waals surface area (Å²) >= 11 is 0. The first kappa shape index (κ1) is 6.96. The second-order valence-corrected chi connectivity index (χ2v) is 3.51. The molecule has 0 aliphatic carbocycles. The second kappa shape index (κ2) is 2.40. The molecule has 1 aromatic rings. The zero-order valence-corrected chi connectivity index (χ0v) is 7.35. The van der Waals surface area contributed by atoms with Gasteiger partial charge in [-0.2, -0.15) is 0 Å². The van der Waals surface area contributed by atoms with Gasteiger partial charge in [0, 0.05) is 17.9 Å². The van der Waals surface area contributed by atoms with E-state index in [2.05, 4.69) is 24.5 Å². The van der Waals surface area contributed by atoms with E-state index in [4.69, 9.17) is 0 Å². The smallest absolute Gasteiger partial charge is 0.0225 e. The first-order chi connectivity index (χ1) is 5.29. The molecule has 0 radical (unpaired) electrons. The van der Waals surface area contributed by atoms with E-state index in [9.17, 15) is 0 Å². The minimum atomic E-state index is 1.25. The maximum absolute atomic E-state index is 2.47. The summed E-state index contributed by atoms with van der Waals surface area (Å²) in [6, 6.07) is 2.34. The van der Waals surface area contributed by atoms with Crippen LogP contribution in [0, 0.1) is 13.8 Å². The summed E-state index contributed by atoms with van der Waals surface area (Å²) in [7, 11) is 0. The maximum Gasteiger partial charge on any atom is 0.0225 e. The van der Waals surface area contributed by atoms with Crippen molar-refractivity contribution in [2.75, 3.05) is 0 Å². The lowest BCUT2D eigenvalue weighted by Crippen LogP contribution is -2.10. The van der Waals surface area contributed by atoms with E-state index in [1.54, 1.807) is 5.69 Å². The predicted molar refractivity (Wildman–Crippen MR) is 46.8 cm³/mol. The Hall–Kier alpha value is -0.720. The van der Waals surface area contributed by atoms with Crippen LogP contribution in [0.5, 0.6) is 0 Å². The van der Waals surface area contributed by atoms with Gasteiger partial charge in [0.25, 0.3) is 0 Å². The summed E-state index contributed by atoms with van der Waals surface area (Å²) < 4.78 is 2.47. The van der Waals surface area contributed by atoms with Gasteiger partial charge in [-0.25, -0.2) is 0 Å². The highest BCUT2D eigenvalue weighted by Gasteiger charge is 2.11. The number of aryl methyl sites for hydroxylation is 2. The predicted octanol–water partition coefficient (Wildman–Crippen LogP) is 2.44. The van der Waals surface area contributed by atoms with E-state index in [1.165, 1.54) is 37.1 Å². The molecule has 0 saturated heterocycles. The number of nitrogens with zero attached hydrogens (tertiary/aromatic N) is 1. The molecule has 0 aromatic carbocycles. The summed E-state index contributed by atoms with van der Waals surface area (Å²) in [5.74, 6) is 0. The van der Waals surface area contributed by atoms with Gasteiger partial charge in [-0.3, -0.25) is 0 Å². The number of rotatable bonds is 0. The molecule has 1 aliphatic rings. The van der Waals surface area contributed by atoms with Gasteiger partial charge in [-0.05, 0) is 44.7 Å². The molecule has 11 heavy (non-hydrogen) atoms. The van der Waals surface area contributed by atoms with Crippen molar-refractivity contribution in [2.45, 2.75) is 39.7 Å². The van der Waals surface area contributed by atoms with E-state index in [1.807, 2.05) is 0 Å². The number of hydrogen-bond donors (Lipinski definition) is 0. The monoisotopic (exact) mass is 149 g/mol. The van der Waals surface area contributed by atoms with Gasteiger partial charge in [0.1, 0.15) is 0 Å². The van der Waals surface area contributed by atoms with Crippen LogP contribution in [0.3, 0.4) is 0 Å². The lowest BCUT2D eigenvalue weighted by atomic mass is 10.1. The Morgan fingerprint density at radius 1 is 1.27 bits per heavy atom. The van der Waals surface area contributed by atoms with Crippen molar-refractivity contribution >= 4 is 0 Å². The van der Waals surface area contributed by atoms with E-state index in [0.717, 1.165) is 0 Å². The molecular weight excluding hydrogens is 134 g/mol. The van der Waals surface area contributed by atoms with Crippen LogP contribution < -0.4 is 0 Å². The van der Waals surface area contributed by atoms with Crippen molar-refractivity contribution in [1.82, 2.24) is 4.57 Å². The van der Waals surface area contributed by atoms with Crippen molar-refractivity contribution in [3.05, 3.63) is 23.0 Å². The molecule has 1 nitrogen and oxygen atoms in total. The van der Waals surface area contributed by atoms with E-state index in [0.29, 0.717) is 0 Å². The van der Waals surface area contributed by atoms with E-state index in [-0.39, 0.29) is 0 Å². The van der Waals surface area contributed by atoms with Gasteiger partial charge in [-0.1, -0.05) is 0 Å². The summed E-state index contributed by atoms with van der Waals surface area (Å²) in [6.07, 6.45) is 4.03. The first-order valence-electron chi connectivity index (χ1n) is 4.44. The van der Waals surface area contributed by atoms with E-state index < -0.39 is 0 Å². The summed E-state index contributed by atoms with van der Waals surface area (Å²) in [5, 5.41) is 0. The van der Waals surface area contributed by atoms with Crippen molar-refractivity contribution < 1.29 is 0 Å². The largest absolute Gasteiger partial charge is 0.349 e. The number of aromatic nitrogens is 1. The van der Waals surface area contributed by atoms with Gasteiger partial charge in [0.2, 0.25) is 0 Å². The molecule has 0 amide bonds. The fraction of sp³-hybridized carbons (Fsp3) is 0.600. The lowest BCUT2D eigenvalue weighted by molar-refractivity contribution is 0.524. The Morgan fingerprint density at radius 3 is 2.82 bits per heavy atom. The highest BCUT2D eigenvalue weighted by molar-refractivity contribution is 5.26. The molecule has 1 aromatic heterocycles. The van der Waals surface area contributed by atoms with Crippen molar-refractivity contribution in [3.63, 3.8) is 0 Å². The molecule has 2 heterocycles. The van der Waals surface area contributed by atoms with Crippen LogP contribution in [0.1, 0.15) is 29.8 Å². The Balaban J connectivity index is 2.50. The van der Waals surface area contributed by atoms with Gasteiger partial charge in [-0.15, -0.1) is 0 Å². The van der Waals surface area contributed by atoms with Crippen LogP contribution in [-0.2, 0) is 13.0 Å². The Bertz CT molecular complexity index is 271. The quantitative estimate of drug-likeness (QED) is 0.534. The van der Waals surface area contributed by atoms with Gasteiger partial charge < -0.3 is 4.57 Å². The molecule has 0 atom stereocenters. The highest BCUT2D eigenvalue weighted by Crippen LogP contribution is 2.21. The van der Waals surface area contributed by atoms with Crippen LogP contribution >= 0.6 is 0 Å². The van der Waals surface area contributed by atoms with Crippen LogP contribution in [-0.4, -0.2) is 4.57 Å². The highest BCUT2D eigenvalue weighted by atomic mass is 15.0. The van der Waals surface area contributed by atoms with Crippen molar-refractivity contribution in [3.8, 4) is 0 Å². The normalized spacial score (nSPS) is 16.5. The molecule has 0 N–H and O–H groups in total. The molecule has 0 saturated carbocycles. The van der Waals surface area contributed by atoms with Crippen LogP contribution in [0.25, 0.3) is 0 Å². The lowest BCUT2D eigenvalue weighted by Gasteiger charge is -2.16. The molecule has 1 aliphatic heterocycles. The average molecular weight is 149 g/mol. The molecule has 0 spiro atoms. The summed E-state index contributed by atoms with van der Waals surface area (Å²) in [6.45, 7) is 5.68. The van der Waals surface area contributed by atoms with Crippen LogP contribution in [0.4, 0.5) is 0 Å². The summed E-state index contributed by atoms with van der Waals surface area (Å²) in [5.41, 5.74) is 4.48. The van der Waals surface area contributed by atoms with Gasteiger partial charge >= 0.3 is 0 Å². The van der Waals surface area contributed by atoms with Gasteiger partial charge in [0.15, 0.2) is 0 Å². The zero-order chi connectivity index (χ0) is 7.84. The molecule has 60 valence electrons. The zero-order valence-electron chi connectivity index (χ0n) is 7.35. The number of fused-ring (bicyclic) bond motifs is 1. The Morgan fingerprint density at radius 2 is 2.09 bits per heavy atom. The summed E-state index contributed by atoms with van der Waals surface area (Å²) in [4.78, 5) is 0. The Labute approximate surface area is 68.0 Å². The van der Waals surface area contributed by atoms with Crippen LogP contribution in [0.15, 0.2) is 6.07 Å². The third-order valence-corrected chi connectivity index (χ3v) is 2.77. The first-order valence-corrected chi connectivity index (χ1v) is 4.44. The third-order valence-electron chi connectivity index (χ3n) is 2.77. The fourth-order valence-electron chi connectivity index (χ4n) is 1.96. The van der Waals surface area contributed by atoms with E-state index >= 15 is 0 Å². The fourth-order valence-corrected chi connectivity index (χ4v) is 1.96. The molecule has 2 rings (SSSR count). The molecule has 1 heteroatoms. The third kappa shape index (κ3) is 0.991. The van der Waals surface area contributed by atoms with Crippen molar-refractivity contribution in [2.24, 2.45) is 0 Å². The average Bonchev–Trinajstić information content (AvgIpc) is 2.30. The molecule has 0 unspecified atom stereocenters. The SMILES string of the molecule is Cc1cc2n(c1C)CCCC2.